The molecule has 4 rings (SSSR count). The maximum absolute atomic E-state index is 13.3. The number of nitrogens with two attached hydrogens (primary N) is 1. The van der Waals surface area contributed by atoms with Gasteiger partial charge in [-0.15, -0.1) is 0 Å². The van der Waals surface area contributed by atoms with Gasteiger partial charge in [-0.05, 0) is 49.2 Å². The number of hydrogen-bond donors (Lipinski definition) is 1. The summed E-state index contributed by atoms with van der Waals surface area (Å²) >= 11 is 1.48. The first kappa shape index (κ1) is 24.0. The summed E-state index contributed by atoms with van der Waals surface area (Å²) in [5, 5.41) is 6.36. The van der Waals surface area contributed by atoms with E-state index in [9.17, 15) is 13.2 Å². The molecule has 34 heavy (non-hydrogen) atoms. The molecular formula is C25H25N3O4S2. The van der Waals surface area contributed by atoms with Crippen LogP contribution in [0.5, 0.6) is 5.75 Å². The number of methoxy groups -OCH3 is 1. The summed E-state index contributed by atoms with van der Waals surface area (Å²) in [6.07, 6.45) is 0.534. The number of fused-ring (bicyclic) bond motifs is 1. The second-order valence-corrected chi connectivity index (χ2v) is 10.4. The fourth-order valence-electron chi connectivity index (χ4n) is 3.70. The smallest absolute Gasteiger partial charge is 0.262 e. The average molecular weight is 496 g/mol. The molecule has 0 atom stereocenters. The molecule has 1 aromatic heterocycles. The molecule has 9 heteroatoms. The fraction of sp³-hybridized carbons (Fsp3) is 0.200. The predicted octanol–water partition coefficient (Wildman–Crippen LogP) is 3.90. The average Bonchev–Trinajstić information content (AvgIpc) is 2.82. The van der Waals surface area contributed by atoms with E-state index in [0.717, 1.165) is 22.4 Å². The standard InChI is InChI=1S/C25H25N3O4S2/c1-17-7-12-23(32-2)19(15-17)16-33-25-27-22-6-4-3-5-21(22)24(29)28(25)14-13-18-8-10-20(11-9-18)34(26,30)31/h3-12,15H,13-14,16H2,1-2H3,(H2,26,30,31). The zero-order chi connectivity index (χ0) is 24.3. The third-order valence-electron chi connectivity index (χ3n) is 5.50. The van der Waals surface area contributed by atoms with Crippen molar-refractivity contribution in [3.63, 3.8) is 0 Å². The molecule has 1 heterocycles. The van der Waals surface area contributed by atoms with Crippen LogP contribution in [0.2, 0.25) is 0 Å². The Morgan fingerprint density at radius 2 is 1.79 bits per heavy atom. The summed E-state index contributed by atoms with van der Waals surface area (Å²) in [6.45, 7) is 2.43. The van der Waals surface area contributed by atoms with Crippen LogP contribution in [0, 0.1) is 6.92 Å². The number of rotatable bonds is 8. The highest BCUT2D eigenvalue weighted by molar-refractivity contribution is 7.98. The highest BCUT2D eigenvalue weighted by atomic mass is 32.2. The summed E-state index contributed by atoms with van der Waals surface area (Å²) in [5.74, 6) is 1.39. The summed E-state index contributed by atoms with van der Waals surface area (Å²) in [6, 6.07) is 19.7. The van der Waals surface area contributed by atoms with E-state index in [0.29, 0.717) is 34.8 Å². The lowest BCUT2D eigenvalue weighted by atomic mass is 10.1. The van der Waals surface area contributed by atoms with Gasteiger partial charge in [0.15, 0.2) is 5.16 Å². The number of benzene rings is 3. The number of thioether (sulfide) groups is 1. The topological polar surface area (TPSA) is 104 Å². The largest absolute Gasteiger partial charge is 0.496 e. The van der Waals surface area contributed by atoms with E-state index < -0.39 is 10.0 Å². The summed E-state index contributed by atoms with van der Waals surface area (Å²) in [7, 11) is -2.10. The molecule has 2 N–H and O–H groups in total. The Kier molecular flexibility index (Phi) is 7.06. The maximum Gasteiger partial charge on any atom is 0.262 e. The SMILES string of the molecule is COc1ccc(C)cc1CSc1nc2ccccc2c(=O)n1CCc1ccc(S(N)(=O)=O)cc1. The molecule has 7 nitrogen and oxygen atoms in total. The third-order valence-corrected chi connectivity index (χ3v) is 7.45. The Hall–Kier alpha value is -3.14. The van der Waals surface area contributed by atoms with Gasteiger partial charge in [-0.25, -0.2) is 18.5 Å². The maximum atomic E-state index is 13.3. The van der Waals surface area contributed by atoms with Crippen molar-refractivity contribution >= 4 is 32.7 Å². The molecule has 0 amide bonds. The first-order valence-corrected chi connectivity index (χ1v) is 13.2. The lowest BCUT2D eigenvalue weighted by Crippen LogP contribution is -2.24. The number of hydrogen-bond acceptors (Lipinski definition) is 6. The highest BCUT2D eigenvalue weighted by Gasteiger charge is 2.14. The monoisotopic (exact) mass is 495 g/mol. The Morgan fingerprint density at radius 1 is 1.06 bits per heavy atom. The van der Waals surface area contributed by atoms with Crippen LogP contribution >= 0.6 is 11.8 Å². The molecule has 4 aromatic rings. The van der Waals surface area contributed by atoms with Crippen molar-refractivity contribution in [3.8, 4) is 5.75 Å². The van der Waals surface area contributed by atoms with E-state index in [2.05, 4.69) is 6.07 Å². The van der Waals surface area contributed by atoms with Gasteiger partial charge in [-0.2, -0.15) is 0 Å². The summed E-state index contributed by atoms with van der Waals surface area (Å²) in [4.78, 5) is 18.2. The van der Waals surface area contributed by atoms with Crippen molar-refractivity contribution in [2.45, 2.75) is 35.7 Å². The minimum absolute atomic E-state index is 0.0594. The quantitative estimate of drug-likeness (QED) is 0.294. The van der Waals surface area contributed by atoms with Crippen molar-refractivity contribution in [1.29, 1.82) is 0 Å². The molecule has 0 spiro atoms. The molecule has 0 saturated carbocycles. The molecule has 0 radical (unpaired) electrons. The van der Waals surface area contributed by atoms with Gasteiger partial charge in [-0.3, -0.25) is 9.36 Å². The molecule has 0 aliphatic heterocycles. The highest BCUT2D eigenvalue weighted by Crippen LogP contribution is 2.28. The molecule has 0 saturated heterocycles. The minimum Gasteiger partial charge on any atom is -0.496 e. The molecule has 3 aromatic carbocycles. The van der Waals surface area contributed by atoms with Gasteiger partial charge in [0.2, 0.25) is 10.0 Å². The Morgan fingerprint density at radius 3 is 2.50 bits per heavy atom. The van der Waals surface area contributed by atoms with Gasteiger partial charge >= 0.3 is 0 Å². The zero-order valence-electron chi connectivity index (χ0n) is 18.9. The number of nitrogens with zero attached hydrogens (tertiary/aromatic N) is 2. The van der Waals surface area contributed by atoms with Crippen molar-refractivity contribution in [2.24, 2.45) is 5.14 Å². The van der Waals surface area contributed by atoms with Gasteiger partial charge in [-0.1, -0.05) is 53.7 Å². The molecule has 0 bridgehead atoms. The van der Waals surface area contributed by atoms with Gasteiger partial charge in [0.05, 0.1) is 22.9 Å². The Labute approximate surface area is 202 Å². The number of aryl methyl sites for hydroxylation is 2. The van der Waals surface area contributed by atoms with E-state index >= 15 is 0 Å². The first-order chi connectivity index (χ1) is 16.3. The predicted molar refractivity (Wildman–Crippen MR) is 135 cm³/mol. The Balaban J connectivity index is 1.65. The molecule has 0 aliphatic carbocycles. The number of primary sulfonamides is 1. The molecule has 0 unspecified atom stereocenters. The fourth-order valence-corrected chi connectivity index (χ4v) is 5.22. The van der Waals surface area contributed by atoms with Crippen LogP contribution in [-0.2, 0) is 28.7 Å². The van der Waals surface area contributed by atoms with Crippen LogP contribution in [-0.4, -0.2) is 25.1 Å². The molecule has 0 aliphatic rings. The number of ether oxygens (including phenoxy) is 1. The van der Waals surface area contributed by atoms with E-state index in [1.807, 2.05) is 37.3 Å². The van der Waals surface area contributed by atoms with Gasteiger partial charge < -0.3 is 4.74 Å². The second kappa shape index (κ2) is 10.0. The number of para-hydroxylation sites is 1. The van der Waals surface area contributed by atoms with E-state index in [1.54, 1.807) is 29.9 Å². The molecular weight excluding hydrogens is 470 g/mol. The van der Waals surface area contributed by atoms with Gasteiger partial charge in [0, 0.05) is 17.9 Å². The molecule has 176 valence electrons. The van der Waals surface area contributed by atoms with Crippen LogP contribution in [0.25, 0.3) is 10.9 Å². The van der Waals surface area contributed by atoms with Gasteiger partial charge in [0.25, 0.3) is 5.56 Å². The first-order valence-electron chi connectivity index (χ1n) is 10.6. The van der Waals surface area contributed by atoms with E-state index in [4.69, 9.17) is 14.9 Å². The van der Waals surface area contributed by atoms with E-state index in [1.165, 1.54) is 23.9 Å². The second-order valence-electron chi connectivity index (χ2n) is 7.91. The van der Waals surface area contributed by atoms with Crippen molar-refractivity contribution in [2.75, 3.05) is 7.11 Å². The van der Waals surface area contributed by atoms with Crippen LogP contribution in [0.15, 0.2) is 81.6 Å². The molecule has 0 fully saturated rings. The Bertz CT molecular complexity index is 1500. The van der Waals surface area contributed by atoms with Crippen LogP contribution in [0.1, 0.15) is 16.7 Å². The summed E-state index contributed by atoms with van der Waals surface area (Å²) in [5.41, 5.74) is 3.59. The van der Waals surface area contributed by atoms with Crippen LogP contribution in [0.4, 0.5) is 0 Å². The van der Waals surface area contributed by atoms with Crippen molar-refractivity contribution in [1.82, 2.24) is 9.55 Å². The van der Waals surface area contributed by atoms with Crippen molar-refractivity contribution < 1.29 is 13.2 Å². The zero-order valence-corrected chi connectivity index (χ0v) is 20.5. The minimum atomic E-state index is -3.75. The third kappa shape index (κ3) is 5.32. The van der Waals surface area contributed by atoms with E-state index in [-0.39, 0.29) is 10.5 Å². The summed E-state index contributed by atoms with van der Waals surface area (Å²) < 4.78 is 30.2. The van der Waals surface area contributed by atoms with Gasteiger partial charge in [0.1, 0.15) is 5.75 Å². The van der Waals surface area contributed by atoms with Crippen molar-refractivity contribution in [3.05, 3.63) is 93.8 Å². The normalized spacial score (nSPS) is 11.6. The number of sulfonamides is 1. The van der Waals surface area contributed by atoms with Crippen LogP contribution < -0.4 is 15.4 Å². The lowest BCUT2D eigenvalue weighted by Gasteiger charge is -2.14. The van der Waals surface area contributed by atoms with Crippen LogP contribution in [0.3, 0.4) is 0 Å². The number of aromatic nitrogens is 2. The lowest BCUT2D eigenvalue weighted by molar-refractivity contribution is 0.411.